The van der Waals surface area contributed by atoms with Gasteiger partial charge < -0.3 is 4.74 Å². The molecule has 0 saturated heterocycles. The molecule has 5 heteroatoms. The van der Waals surface area contributed by atoms with Gasteiger partial charge in [0.1, 0.15) is 12.4 Å². The number of hydrogen-bond acceptors (Lipinski definition) is 3. The summed E-state index contributed by atoms with van der Waals surface area (Å²) in [5, 5.41) is 0.690. The average molecular weight is 382 g/mol. The highest BCUT2D eigenvalue weighted by Crippen LogP contribution is 2.37. The molecule has 27 heavy (non-hydrogen) atoms. The molecule has 2 amide bonds. The quantitative estimate of drug-likeness (QED) is 0.702. The smallest absolute Gasteiger partial charge is 0.261 e. The Hall–Kier alpha value is -2.59. The van der Waals surface area contributed by atoms with Gasteiger partial charge in [0.2, 0.25) is 0 Å². The van der Waals surface area contributed by atoms with Gasteiger partial charge in [-0.1, -0.05) is 23.7 Å². The van der Waals surface area contributed by atoms with Gasteiger partial charge >= 0.3 is 0 Å². The highest BCUT2D eigenvalue weighted by molar-refractivity contribution is 6.33. The second-order valence-corrected chi connectivity index (χ2v) is 7.41. The molecule has 4 nitrogen and oxygen atoms in total. The molecule has 0 radical (unpaired) electrons. The van der Waals surface area contributed by atoms with Crippen LogP contribution in [0.3, 0.4) is 0 Å². The van der Waals surface area contributed by atoms with Crippen molar-refractivity contribution in [2.45, 2.75) is 39.2 Å². The first-order valence-electron chi connectivity index (χ1n) is 9.13. The first-order chi connectivity index (χ1) is 13.0. The van der Waals surface area contributed by atoms with Gasteiger partial charge in [0, 0.05) is 16.2 Å². The lowest BCUT2D eigenvalue weighted by Gasteiger charge is -2.18. The lowest BCUT2D eigenvalue weighted by atomic mass is 9.93. The third kappa shape index (κ3) is 3.37. The van der Waals surface area contributed by atoms with Crippen molar-refractivity contribution >= 4 is 29.1 Å². The summed E-state index contributed by atoms with van der Waals surface area (Å²) in [6, 6.07) is 12.9. The van der Waals surface area contributed by atoms with E-state index >= 15 is 0 Å². The molecule has 0 saturated carbocycles. The van der Waals surface area contributed by atoms with Crippen LogP contribution < -0.4 is 9.64 Å². The molecule has 2 aliphatic rings. The number of amides is 2. The lowest BCUT2D eigenvalue weighted by molar-refractivity contribution is -0.120. The third-order valence-corrected chi connectivity index (χ3v) is 5.37. The molecule has 4 rings (SSSR count). The molecule has 1 aliphatic heterocycles. The summed E-state index contributed by atoms with van der Waals surface area (Å²) < 4.78 is 5.84. The van der Waals surface area contributed by atoms with E-state index in [9.17, 15) is 9.59 Å². The number of carbonyl (C=O) groups is 2. The highest BCUT2D eigenvalue weighted by Gasteiger charge is 2.40. The predicted octanol–water partition coefficient (Wildman–Crippen LogP) is 4.97. The van der Waals surface area contributed by atoms with Crippen molar-refractivity contribution in [2.75, 3.05) is 4.90 Å². The number of hydrogen-bond donors (Lipinski definition) is 0. The fraction of sp³-hybridized carbons (Fsp3) is 0.273. The number of aryl methyl sites for hydroxylation is 1. The Bertz CT molecular complexity index is 919. The zero-order chi connectivity index (χ0) is 19.0. The van der Waals surface area contributed by atoms with Crippen molar-refractivity contribution in [3.05, 3.63) is 69.8 Å². The largest absolute Gasteiger partial charge is 0.489 e. The fourth-order valence-electron chi connectivity index (χ4n) is 3.67. The van der Waals surface area contributed by atoms with Gasteiger partial charge in [0.05, 0.1) is 5.69 Å². The van der Waals surface area contributed by atoms with Gasteiger partial charge in [0.25, 0.3) is 11.8 Å². The normalized spacial score (nSPS) is 16.7. The summed E-state index contributed by atoms with van der Waals surface area (Å²) in [4.78, 5) is 26.8. The van der Waals surface area contributed by atoms with Crippen LogP contribution >= 0.6 is 11.6 Å². The maximum atomic E-state index is 12.7. The Labute approximate surface area is 163 Å². The Morgan fingerprint density at radius 1 is 0.963 bits per heavy atom. The van der Waals surface area contributed by atoms with Crippen LogP contribution in [0.2, 0.25) is 5.02 Å². The van der Waals surface area contributed by atoms with Crippen LogP contribution in [0.15, 0.2) is 53.6 Å². The topological polar surface area (TPSA) is 46.6 Å². The molecule has 1 aliphatic carbocycles. The van der Waals surface area contributed by atoms with Crippen LogP contribution in [0.1, 0.15) is 36.8 Å². The zero-order valence-corrected chi connectivity index (χ0v) is 15.9. The first-order valence-corrected chi connectivity index (χ1v) is 9.51. The predicted molar refractivity (Wildman–Crippen MR) is 105 cm³/mol. The minimum atomic E-state index is -0.160. The SMILES string of the molecule is Cc1cc(OCc2ccc(Cl)cc2)ccc1N1C(=O)C2=C(CCCC2)C1=O. The van der Waals surface area contributed by atoms with Crippen molar-refractivity contribution in [2.24, 2.45) is 0 Å². The van der Waals surface area contributed by atoms with E-state index in [1.165, 1.54) is 4.90 Å². The van der Waals surface area contributed by atoms with Gasteiger partial charge in [-0.2, -0.15) is 0 Å². The number of halogens is 1. The number of nitrogens with zero attached hydrogens (tertiary/aromatic N) is 1. The summed E-state index contributed by atoms with van der Waals surface area (Å²) in [7, 11) is 0. The second-order valence-electron chi connectivity index (χ2n) is 6.97. The van der Waals surface area contributed by atoms with Crippen LogP contribution in [0.5, 0.6) is 5.75 Å². The van der Waals surface area contributed by atoms with Gasteiger partial charge in [-0.25, -0.2) is 4.90 Å². The molecular weight excluding hydrogens is 362 g/mol. The number of benzene rings is 2. The molecule has 138 valence electrons. The second kappa shape index (κ2) is 7.20. The van der Waals surface area contributed by atoms with E-state index in [2.05, 4.69) is 0 Å². The van der Waals surface area contributed by atoms with Crippen molar-refractivity contribution in [3.63, 3.8) is 0 Å². The Morgan fingerprint density at radius 3 is 2.19 bits per heavy atom. The van der Waals surface area contributed by atoms with E-state index in [1.807, 2.05) is 37.3 Å². The Kier molecular flexibility index (Phi) is 4.75. The first kappa shape index (κ1) is 17.8. The van der Waals surface area contributed by atoms with Crippen molar-refractivity contribution < 1.29 is 14.3 Å². The van der Waals surface area contributed by atoms with Crippen molar-refractivity contribution in [1.29, 1.82) is 0 Å². The number of rotatable bonds is 4. The molecule has 0 fully saturated rings. The molecular formula is C22H20ClNO3. The molecule has 1 heterocycles. The van der Waals surface area contributed by atoms with E-state index in [0.717, 1.165) is 24.0 Å². The number of ether oxygens (including phenoxy) is 1. The van der Waals surface area contributed by atoms with E-state index in [-0.39, 0.29) is 11.8 Å². The van der Waals surface area contributed by atoms with Crippen LogP contribution in [0, 0.1) is 6.92 Å². The van der Waals surface area contributed by atoms with E-state index in [1.54, 1.807) is 12.1 Å². The number of anilines is 1. The van der Waals surface area contributed by atoms with E-state index < -0.39 is 0 Å². The summed E-state index contributed by atoms with van der Waals surface area (Å²) in [5.41, 5.74) is 3.90. The molecule has 2 aromatic rings. The minimum absolute atomic E-state index is 0.160. The van der Waals surface area contributed by atoms with Crippen molar-refractivity contribution in [1.82, 2.24) is 0 Å². The van der Waals surface area contributed by atoms with E-state index in [4.69, 9.17) is 16.3 Å². The summed E-state index contributed by atoms with van der Waals surface area (Å²) in [6.45, 7) is 2.32. The molecule has 2 aromatic carbocycles. The van der Waals surface area contributed by atoms with Crippen LogP contribution in [0.4, 0.5) is 5.69 Å². The van der Waals surface area contributed by atoms with Gasteiger partial charge in [0.15, 0.2) is 0 Å². The van der Waals surface area contributed by atoms with Gasteiger partial charge in [-0.15, -0.1) is 0 Å². The standard InChI is InChI=1S/C22H20ClNO3/c1-14-12-17(27-13-15-6-8-16(23)9-7-15)10-11-20(14)24-21(25)18-4-2-3-5-19(18)22(24)26/h6-12H,2-5,13H2,1H3. The van der Waals surface area contributed by atoms with Gasteiger partial charge in [-0.05, 0) is 74.1 Å². The minimum Gasteiger partial charge on any atom is -0.489 e. The van der Waals surface area contributed by atoms with Gasteiger partial charge in [-0.3, -0.25) is 9.59 Å². The average Bonchev–Trinajstić information content (AvgIpc) is 2.93. The van der Waals surface area contributed by atoms with E-state index in [0.29, 0.717) is 47.1 Å². The fourth-order valence-corrected chi connectivity index (χ4v) is 3.80. The number of carbonyl (C=O) groups excluding carboxylic acids is 2. The molecule has 0 N–H and O–H groups in total. The maximum absolute atomic E-state index is 12.7. The summed E-state index contributed by atoms with van der Waals surface area (Å²) in [5.74, 6) is 0.378. The summed E-state index contributed by atoms with van der Waals surface area (Å²) in [6.07, 6.45) is 3.36. The highest BCUT2D eigenvalue weighted by atomic mass is 35.5. The molecule has 0 spiro atoms. The monoisotopic (exact) mass is 381 g/mol. The Morgan fingerprint density at radius 2 is 1.59 bits per heavy atom. The van der Waals surface area contributed by atoms with Crippen LogP contribution in [-0.2, 0) is 16.2 Å². The third-order valence-electron chi connectivity index (χ3n) is 5.12. The number of imide groups is 1. The summed E-state index contributed by atoms with van der Waals surface area (Å²) >= 11 is 5.89. The van der Waals surface area contributed by atoms with Crippen molar-refractivity contribution in [3.8, 4) is 5.75 Å². The molecule has 0 atom stereocenters. The molecule has 0 bridgehead atoms. The van der Waals surface area contributed by atoms with Crippen LogP contribution in [0.25, 0.3) is 0 Å². The maximum Gasteiger partial charge on any atom is 0.261 e. The lowest BCUT2D eigenvalue weighted by Crippen LogP contribution is -2.32. The zero-order valence-electron chi connectivity index (χ0n) is 15.1. The van der Waals surface area contributed by atoms with Crippen LogP contribution in [-0.4, -0.2) is 11.8 Å². The Balaban J connectivity index is 1.51. The molecule has 0 aromatic heterocycles. The molecule has 0 unspecified atom stereocenters.